The number of nitrogens with two attached hydrogens (primary N) is 1. The van der Waals surface area contributed by atoms with Gasteiger partial charge in [-0.1, -0.05) is 0 Å². The molecule has 1 heterocycles. The van der Waals surface area contributed by atoms with Crippen LogP contribution in [0.2, 0.25) is 0 Å². The second-order valence-electron chi connectivity index (χ2n) is 3.56. The van der Waals surface area contributed by atoms with Crippen molar-refractivity contribution < 1.29 is 9.59 Å². The Bertz CT molecular complexity index is 413. The zero-order valence-electron chi connectivity index (χ0n) is 8.06. The van der Waals surface area contributed by atoms with E-state index in [0.29, 0.717) is 5.69 Å². The summed E-state index contributed by atoms with van der Waals surface area (Å²) < 4.78 is 0. The van der Waals surface area contributed by atoms with Crippen LogP contribution in [0.25, 0.3) is 0 Å². The minimum atomic E-state index is -0.600. The Hall–Kier alpha value is -1.91. The number of carbonyl (C=O) groups excluding carboxylic acids is 2. The second kappa shape index (κ2) is 3.68. The fraction of sp³-hybridized carbons (Fsp3) is 0.300. The number of hydrogen-bond acceptors (Lipinski definition) is 3. The number of primary amides is 1. The normalized spacial score (nSPS) is 14.7. The SMILES string of the molecule is NC(=O)c1cc(NC(=O)C2CC2)ccn1. The molecule has 0 atom stereocenters. The molecule has 0 saturated heterocycles. The first-order chi connectivity index (χ1) is 7.16. The number of anilines is 1. The monoisotopic (exact) mass is 205 g/mol. The average molecular weight is 205 g/mol. The highest BCUT2D eigenvalue weighted by molar-refractivity contribution is 5.96. The molecule has 1 aromatic rings. The van der Waals surface area contributed by atoms with Gasteiger partial charge in [0.25, 0.3) is 5.91 Å². The van der Waals surface area contributed by atoms with Crippen LogP contribution in [0.3, 0.4) is 0 Å². The van der Waals surface area contributed by atoms with E-state index in [1.807, 2.05) is 0 Å². The second-order valence-corrected chi connectivity index (χ2v) is 3.56. The Morgan fingerprint density at radius 3 is 2.80 bits per heavy atom. The van der Waals surface area contributed by atoms with Gasteiger partial charge < -0.3 is 11.1 Å². The molecule has 0 spiro atoms. The Kier molecular flexibility index (Phi) is 2.37. The lowest BCUT2D eigenvalue weighted by molar-refractivity contribution is -0.117. The number of nitrogens with one attached hydrogen (secondary N) is 1. The lowest BCUT2D eigenvalue weighted by atomic mass is 10.3. The van der Waals surface area contributed by atoms with E-state index in [0.717, 1.165) is 12.8 Å². The van der Waals surface area contributed by atoms with Crippen LogP contribution in [0, 0.1) is 5.92 Å². The van der Waals surface area contributed by atoms with Crippen LogP contribution in [0.4, 0.5) is 5.69 Å². The van der Waals surface area contributed by atoms with E-state index in [1.54, 1.807) is 6.07 Å². The predicted octanol–water partition coefficient (Wildman–Crippen LogP) is 0.529. The summed E-state index contributed by atoms with van der Waals surface area (Å²) in [4.78, 5) is 26.0. The van der Waals surface area contributed by atoms with Gasteiger partial charge in [-0.05, 0) is 25.0 Å². The summed E-state index contributed by atoms with van der Waals surface area (Å²) in [7, 11) is 0. The highest BCUT2D eigenvalue weighted by Crippen LogP contribution is 2.30. The summed E-state index contributed by atoms with van der Waals surface area (Å²) in [5.74, 6) is -0.468. The summed E-state index contributed by atoms with van der Waals surface area (Å²) >= 11 is 0. The smallest absolute Gasteiger partial charge is 0.267 e. The van der Waals surface area contributed by atoms with Gasteiger partial charge in [-0.3, -0.25) is 14.6 Å². The van der Waals surface area contributed by atoms with Crippen molar-refractivity contribution in [2.45, 2.75) is 12.8 Å². The fourth-order valence-corrected chi connectivity index (χ4v) is 1.23. The van der Waals surface area contributed by atoms with Crippen LogP contribution >= 0.6 is 0 Å². The molecule has 1 aliphatic rings. The van der Waals surface area contributed by atoms with Gasteiger partial charge >= 0.3 is 0 Å². The number of amides is 2. The van der Waals surface area contributed by atoms with E-state index >= 15 is 0 Å². The summed E-state index contributed by atoms with van der Waals surface area (Å²) in [5.41, 5.74) is 5.79. The van der Waals surface area contributed by atoms with Gasteiger partial charge in [0.15, 0.2) is 0 Å². The van der Waals surface area contributed by atoms with Crippen LogP contribution in [-0.4, -0.2) is 16.8 Å². The van der Waals surface area contributed by atoms with Gasteiger partial charge in [0.1, 0.15) is 5.69 Å². The predicted molar refractivity (Wildman–Crippen MR) is 54.1 cm³/mol. The molecule has 78 valence electrons. The molecule has 1 aliphatic carbocycles. The molecule has 2 rings (SSSR count). The van der Waals surface area contributed by atoms with Gasteiger partial charge in [0.05, 0.1) is 0 Å². The van der Waals surface area contributed by atoms with Crippen molar-refractivity contribution in [3.8, 4) is 0 Å². The number of aromatic nitrogens is 1. The number of nitrogens with zero attached hydrogens (tertiary/aromatic N) is 1. The summed E-state index contributed by atoms with van der Waals surface area (Å²) in [5, 5.41) is 2.71. The zero-order valence-corrected chi connectivity index (χ0v) is 8.06. The maximum absolute atomic E-state index is 11.4. The Labute approximate surface area is 86.7 Å². The molecule has 2 amide bonds. The third-order valence-corrected chi connectivity index (χ3v) is 2.23. The van der Waals surface area contributed by atoms with E-state index in [-0.39, 0.29) is 17.5 Å². The molecule has 1 aromatic heterocycles. The van der Waals surface area contributed by atoms with Crippen LogP contribution < -0.4 is 11.1 Å². The molecular formula is C10H11N3O2. The zero-order chi connectivity index (χ0) is 10.8. The number of pyridine rings is 1. The summed E-state index contributed by atoms with van der Waals surface area (Å²) in [6.07, 6.45) is 3.34. The van der Waals surface area contributed by atoms with Gasteiger partial charge in [0.2, 0.25) is 5.91 Å². The highest BCUT2D eigenvalue weighted by atomic mass is 16.2. The largest absolute Gasteiger partial charge is 0.364 e. The van der Waals surface area contributed by atoms with E-state index in [2.05, 4.69) is 10.3 Å². The summed E-state index contributed by atoms with van der Waals surface area (Å²) in [6, 6.07) is 3.11. The van der Waals surface area contributed by atoms with Crippen molar-refractivity contribution in [3.05, 3.63) is 24.0 Å². The van der Waals surface area contributed by atoms with Gasteiger partial charge in [-0.15, -0.1) is 0 Å². The third-order valence-electron chi connectivity index (χ3n) is 2.23. The van der Waals surface area contributed by atoms with Crippen LogP contribution in [0.1, 0.15) is 23.3 Å². The molecule has 0 aliphatic heterocycles. The first-order valence-corrected chi connectivity index (χ1v) is 4.73. The molecular weight excluding hydrogens is 194 g/mol. The van der Waals surface area contributed by atoms with E-state index in [4.69, 9.17) is 5.73 Å². The van der Waals surface area contributed by atoms with Crippen LogP contribution in [0.15, 0.2) is 18.3 Å². The maximum Gasteiger partial charge on any atom is 0.267 e. The minimum absolute atomic E-state index is 0.00313. The van der Waals surface area contributed by atoms with Gasteiger partial charge in [-0.2, -0.15) is 0 Å². The lowest BCUT2D eigenvalue weighted by Crippen LogP contribution is -2.16. The standard InChI is InChI=1S/C10H11N3O2/c11-9(14)8-5-7(3-4-12-8)13-10(15)6-1-2-6/h3-6H,1-2H2,(H2,11,14)(H,12,13,15). The molecule has 0 unspecified atom stereocenters. The van der Waals surface area contributed by atoms with E-state index in [9.17, 15) is 9.59 Å². The van der Waals surface area contributed by atoms with Crippen LogP contribution in [-0.2, 0) is 4.79 Å². The Balaban J connectivity index is 2.10. The van der Waals surface area contributed by atoms with Gasteiger partial charge in [-0.25, -0.2) is 0 Å². The molecule has 0 radical (unpaired) electrons. The average Bonchev–Trinajstić information content (AvgIpc) is 3.01. The van der Waals surface area contributed by atoms with E-state index < -0.39 is 5.91 Å². The lowest BCUT2D eigenvalue weighted by Gasteiger charge is -2.04. The number of hydrogen-bond donors (Lipinski definition) is 2. The Morgan fingerprint density at radius 2 is 2.20 bits per heavy atom. The first-order valence-electron chi connectivity index (χ1n) is 4.73. The molecule has 15 heavy (non-hydrogen) atoms. The molecule has 0 aromatic carbocycles. The highest BCUT2D eigenvalue weighted by Gasteiger charge is 2.29. The van der Waals surface area contributed by atoms with Crippen molar-refractivity contribution in [1.82, 2.24) is 4.98 Å². The van der Waals surface area contributed by atoms with Crippen molar-refractivity contribution in [2.24, 2.45) is 11.7 Å². The first kappa shape index (κ1) is 9.64. The molecule has 5 heteroatoms. The van der Waals surface area contributed by atoms with Crippen molar-refractivity contribution >= 4 is 17.5 Å². The number of carbonyl (C=O) groups is 2. The quantitative estimate of drug-likeness (QED) is 0.754. The van der Waals surface area contributed by atoms with Crippen molar-refractivity contribution in [3.63, 3.8) is 0 Å². The van der Waals surface area contributed by atoms with Crippen LogP contribution in [0.5, 0.6) is 0 Å². The van der Waals surface area contributed by atoms with Crippen molar-refractivity contribution in [2.75, 3.05) is 5.32 Å². The van der Waals surface area contributed by atoms with Gasteiger partial charge in [0, 0.05) is 17.8 Å². The molecule has 3 N–H and O–H groups in total. The Morgan fingerprint density at radius 1 is 1.47 bits per heavy atom. The molecule has 5 nitrogen and oxygen atoms in total. The van der Waals surface area contributed by atoms with Crippen molar-refractivity contribution in [1.29, 1.82) is 0 Å². The van der Waals surface area contributed by atoms with E-state index in [1.165, 1.54) is 12.3 Å². The number of rotatable bonds is 3. The topological polar surface area (TPSA) is 85.1 Å². The fourth-order valence-electron chi connectivity index (χ4n) is 1.23. The molecule has 1 saturated carbocycles. The molecule has 0 bridgehead atoms. The summed E-state index contributed by atoms with van der Waals surface area (Å²) in [6.45, 7) is 0. The minimum Gasteiger partial charge on any atom is -0.364 e. The maximum atomic E-state index is 11.4. The molecule has 1 fully saturated rings. The third kappa shape index (κ3) is 2.31.